The molecule has 3 nitrogen and oxygen atoms in total. The van der Waals surface area contributed by atoms with Gasteiger partial charge >= 0.3 is 5.97 Å². The predicted octanol–water partition coefficient (Wildman–Crippen LogP) is 3.88. The fraction of sp³-hybridized carbons (Fsp3) is 0.143. The molecule has 2 atom stereocenters. The van der Waals surface area contributed by atoms with Gasteiger partial charge in [0.15, 0.2) is 0 Å². The topological polar surface area (TPSA) is 49.7 Å². The van der Waals surface area contributed by atoms with Crippen molar-refractivity contribution in [2.45, 2.75) is 5.92 Å². The Hall–Kier alpha value is -1.94. The van der Waals surface area contributed by atoms with Crippen molar-refractivity contribution in [2.75, 3.05) is 0 Å². The molecule has 1 aliphatic heterocycles. The molecule has 0 saturated carbocycles. The molecule has 5 heteroatoms. The Morgan fingerprint density at radius 1 is 1.42 bits per heavy atom. The van der Waals surface area contributed by atoms with Gasteiger partial charge in [-0.2, -0.15) is 0 Å². The van der Waals surface area contributed by atoms with Crippen LogP contribution in [0.4, 0.5) is 10.1 Å². The van der Waals surface area contributed by atoms with Crippen LogP contribution >= 0.6 is 11.6 Å². The molecule has 19 heavy (non-hydrogen) atoms. The Morgan fingerprint density at radius 2 is 2.21 bits per heavy atom. The Labute approximate surface area is 113 Å². The molecule has 2 unspecified atom stereocenters. The Morgan fingerprint density at radius 3 is 2.95 bits per heavy atom. The second-order valence-corrected chi connectivity index (χ2v) is 4.86. The van der Waals surface area contributed by atoms with Gasteiger partial charge in [-0.15, -0.1) is 0 Å². The fourth-order valence-corrected chi connectivity index (χ4v) is 2.74. The standard InChI is InChI=1S/C14H9ClFNO2/c15-11-4-3-10(14(18)19)13-12(11)9-2-1-8(16)5-7(9)6-17-13/h1-7,9H,(H,18,19). The third-order valence-electron chi connectivity index (χ3n) is 3.33. The van der Waals surface area contributed by atoms with Crippen molar-refractivity contribution >= 4 is 29.5 Å². The van der Waals surface area contributed by atoms with E-state index in [1.807, 2.05) is 0 Å². The summed E-state index contributed by atoms with van der Waals surface area (Å²) in [5.74, 6) is -1.76. The molecule has 0 spiro atoms. The van der Waals surface area contributed by atoms with Gasteiger partial charge in [-0.3, -0.25) is 4.99 Å². The highest BCUT2D eigenvalue weighted by molar-refractivity contribution is 6.32. The summed E-state index contributed by atoms with van der Waals surface area (Å²) in [5, 5.41) is 9.61. The van der Waals surface area contributed by atoms with Crippen LogP contribution in [0, 0.1) is 5.92 Å². The lowest BCUT2D eigenvalue weighted by Gasteiger charge is -2.28. The first kappa shape index (κ1) is 12.1. The normalized spacial score (nSPS) is 23.6. The van der Waals surface area contributed by atoms with Crippen LogP contribution in [0.2, 0.25) is 5.02 Å². The minimum absolute atomic E-state index is 0.109. The van der Waals surface area contributed by atoms with Crippen molar-refractivity contribution in [1.29, 1.82) is 0 Å². The van der Waals surface area contributed by atoms with Crippen LogP contribution in [0.15, 0.2) is 41.2 Å². The summed E-state index contributed by atoms with van der Waals surface area (Å²) >= 11 is 6.16. The van der Waals surface area contributed by atoms with Crippen molar-refractivity contribution in [3.63, 3.8) is 0 Å². The van der Waals surface area contributed by atoms with Crippen LogP contribution < -0.4 is 0 Å². The first-order valence-electron chi connectivity index (χ1n) is 5.73. The first-order chi connectivity index (χ1) is 9.08. The maximum absolute atomic E-state index is 13.2. The zero-order valence-electron chi connectivity index (χ0n) is 9.68. The molecule has 1 N–H and O–H groups in total. The van der Waals surface area contributed by atoms with Crippen LogP contribution in [0.5, 0.6) is 0 Å². The molecule has 3 rings (SSSR count). The summed E-state index contributed by atoms with van der Waals surface area (Å²) < 4.78 is 13.2. The largest absolute Gasteiger partial charge is 0.478 e. The van der Waals surface area contributed by atoms with Gasteiger partial charge in [0.1, 0.15) is 5.83 Å². The number of hydrogen-bond acceptors (Lipinski definition) is 2. The second kappa shape index (κ2) is 4.31. The number of benzene rings is 1. The number of aromatic carboxylic acids is 1. The van der Waals surface area contributed by atoms with Crippen molar-refractivity contribution < 1.29 is 14.3 Å². The monoisotopic (exact) mass is 277 g/mol. The van der Waals surface area contributed by atoms with E-state index in [1.54, 1.807) is 18.4 Å². The molecule has 0 aromatic heterocycles. The van der Waals surface area contributed by atoms with Crippen molar-refractivity contribution in [3.8, 4) is 0 Å². The summed E-state index contributed by atoms with van der Waals surface area (Å²) in [6.07, 6.45) is 6.09. The number of carboxylic acid groups (broad SMARTS) is 1. The zero-order valence-corrected chi connectivity index (χ0v) is 10.4. The molecular weight excluding hydrogens is 269 g/mol. The number of aliphatic imine (C=N–C) groups is 1. The highest BCUT2D eigenvalue weighted by Gasteiger charge is 2.31. The lowest BCUT2D eigenvalue weighted by molar-refractivity contribution is 0.0697. The maximum atomic E-state index is 13.2. The van der Waals surface area contributed by atoms with Gasteiger partial charge < -0.3 is 5.11 Å². The molecule has 1 aromatic rings. The van der Waals surface area contributed by atoms with Crippen molar-refractivity contribution in [2.24, 2.45) is 10.9 Å². The van der Waals surface area contributed by atoms with Crippen LogP contribution in [-0.4, -0.2) is 17.3 Å². The molecule has 1 aromatic carbocycles. The van der Waals surface area contributed by atoms with Crippen molar-refractivity contribution in [3.05, 3.63) is 52.3 Å². The van der Waals surface area contributed by atoms with Gasteiger partial charge in [-0.25, -0.2) is 9.18 Å². The SMILES string of the molecule is O=C(O)c1ccc(Cl)c2c1N=CC1C=C(F)C=CC21. The smallest absolute Gasteiger partial charge is 0.337 e. The highest BCUT2D eigenvalue weighted by Crippen LogP contribution is 2.45. The van der Waals surface area contributed by atoms with Gasteiger partial charge in [-0.1, -0.05) is 17.7 Å². The first-order valence-corrected chi connectivity index (χ1v) is 6.11. The lowest BCUT2D eigenvalue weighted by atomic mass is 9.80. The molecule has 1 aliphatic carbocycles. The number of halogens is 2. The van der Waals surface area contributed by atoms with Gasteiger partial charge in [0.25, 0.3) is 0 Å². The Kier molecular flexibility index (Phi) is 2.75. The van der Waals surface area contributed by atoms with Crippen LogP contribution in [0.1, 0.15) is 21.8 Å². The number of hydrogen-bond donors (Lipinski definition) is 1. The average Bonchev–Trinajstić information content (AvgIpc) is 2.38. The lowest BCUT2D eigenvalue weighted by Crippen LogP contribution is -2.18. The zero-order chi connectivity index (χ0) is 13.6. The number of carboxylic acids is 1. The van der Waals surface area contributed by atoms with E-state index < -0.39 is 5.97 Å². The summed E-state index contributed by atoms with van der Waals surface area (Å²) in [5.41, 5.74) is 1.12. The van der Waals surface area contributed by atoms with Gasteiger partial charge in [-0.05, 0) is 24.3 Å². The second-order valence-electron chi connectivity index (χ2n) is 4.45. The average molecular weight is 278 g/mol. The van der Waals surface area contributed by atoms with Gasteiger partial charge in [0.2, 0.25) is 0 Å². The van der Waals surface area contributed by atoms with E-state index in [0.29, 0.717) is 16.3 Å². The van der Waals surface area contributed by atoms with E-state index in [1.165, 1.54) is 18.2 Å². The van der Waals surface area contributed by atoms with E-state index in [-0.39, 0.29) is 23.2 Å². The number of rotatable bonds is 1. The predicted molar refractivity (Wildman–Crippen MR) is 71.1 cm³/mol. The molecule has 0 saturated heterocycles. The quantitative estimate of drug-likeness (QED) is 0.847. The summed E-state index contributed by atoms with van der Waals surface area (Å²) in [6.45, 7) is 0. The van der Waals surface area contributed by atoms with E-state index in [9.17, 15) is 9.18 Å². The molecule has 0 amide bonds. The Bertz CT molecular complexity index is 664. The van der Waals surface area contributed by atoms with Gasteiger partial charge in [0, 0.05) is 28.6 Å². The molecule has 1 heterocycles. The molecule has 0 fully saturated rings. The third-order valence-corrected chi connectivity index (χ3v) is 3.66. The minimum Gasteiger partial charge on any atom is -0.478 e. The number of fused-ring (bicyclic) bond motifs is 3. The van der Waals surface area contributed by atoms with Gasteiger partial charge in [0.05, 0.1) is 11.3 Å². The van der Waals surface area contributed by atoms with E-state index in [4.69, 9.17) is 16.7 Å². The molecule has 96 valence electrons. The molecule has 2 aliphatic rings. The molecule has 0 bridgehead atoms. The third kappa shape index (κ3) is 1.88. The van der Waals surface area contributed by atoms with Crippen LogP contribution in [-0.2, 0) is 0 Å². The van der Waals surface area contributed by atoms with Crippen molar-refractivity contribution in [1.82, 2.24) is 0 Å². The van der Waals surface area contributed by atoms with Crippen LogP contribution in [0.3, 0.4) is 0 Å². The highest BCUT2D eigenvalue weighted by atomic mass is 35.5. The Balaban J connectivity index is 2.21. The summed E-state index contributed by atoms with van der Waals surface area (Å²) in [7, 11) is 0. The molecule has 0 radical (unpaired) electrons. The minimum atomic E-state index is -1.05. The van der Waals surface area contributed by atoms with E-state index in [2.05, 4.69) is 4.99 Å². The van der Waals surface area contributed by atoms with E-state index in [0.717, 1.165) is 0 Å². The van der Waals surface area contributed by atoms with Crippen LogP contribution in [0.25, 0.3) is 0 Å². The summed E-state index contributed by atoms with van der Waals surface area (Å²) in [6, 6.07) is 2.98. The number of allylic oxidation sites excluding steroid dienone is 4. The fourth-order valence-electron chi connectivity index (χ4n) is 2.46. The molecular formula is C14H9ClFNO2. The van der Waals surface area contributed by atoms with E-state index >= 15 is 0 Å². The number of carbonyl (C=O) groups is 1. The number of nitrogens with zero attached hydrogens (tertiary/aromatic N) is 1. The summed E-state index contributed by atoms with van der Waals surface area (Å²) in [4.78, 5) is 15.3. The maximum Gasteiger partial charge on any atom is 0.337 e.